The van der Waals surface area contributed by atoms with E-state index in [2.05, 4.69) is 14.7 Å². The molecule has 0 unspecified atom stereocenters. The second-order valence-corrected chi connectivity index (χ2v) is 3.56. The fourth-order valence-corrected chi connectivity index (χ4v) is 1.47. The van der Waals surface area contributed by atoms with Crippen molar-refractivity contribution in [3.05, 3.63) is 41.7 Å². The summed E-state index contributed by atoms with van der Waals surface area (Å²) < 4.78 is 29.3. The predicted molar refractivity (Wildman–Crippen MR) is 60.3 cm³/mol. The van der Waals surface area contributed by atoms with Crippen LogP contribution < -0.4 is 0 Å². The molecule has 0 saturated carbocycles. The lowest BCUT2D eigenvalue weighted by atomic mass is 10.1. The average molecular weight is 252 g/mol. The molecule has 4 nitrogen and oxygen atoms in total. The van der Waals surface area contributed by atoms with Gasteiger partial charge in [-0.15, -0.1) is 0 Å². The molecule has 0 fully saturated rings. The molecule has 0 aliphatic heterocycles. The van der Waals surface area contributed by atoms with Crippen molar-refractivity contribution in [3.63, 3.8) is 0 Å². The Morgan fingerprint density at radius 3 is 2.56 bits per heavy atom. The van der Waals surface area contributed by atoms with E-state index in [0.29, 0.717) is 11.4 Å². The first kappa shape index (κ1) is 12.2. The first-order valence-electron chi connectivity index (χ1n) is 5.13. The molecule has 0 amide bonds. The SMILES string of the molecule is COC(=O)c1cnc(-c2ccc(C(F)F)cc2)[nH]1. The van der Waals surface area contributed by atoms with Crippen LogP contribution >= 0.6 is 0 Å². The summed E-state index contributed by atoms with van der Waals surface area (Å²) in [5.41, 5.74) is 0.776. The van der Waals surface area contributed by atoms with E-state index in [1.54, 1.807) is 0 Å². The number of ether oxygens (including phenoxy) is 1. The van der Waals surface area contributed by atoms with Crippen molar-refractivity contribution in [1.82, 2.24) is 9.97 Å². The van der Waals surface area contributed by atoms with E-state index in [4.69, 9.17) is 0 Å². The lowest BCUT2D eigenvalue weighted by Gasteiger charge is -2.01. The van der Waals surface area contributed by atoms with Crippen LogP contribution in [0.15, 0.2) is 30.5 Å². The molecule has 1 N–H and O–H groups in total. The Morgan fingerprint density at radius 1 is 1.33 bits per heavy atom. The van der Waals surface area contributed by atoms with Crippen LogP contribution in [-0.2, 0) is 4.74 Å². The number of nitrogens with zero attached hydrogens (tertiary/aromatic N) is 1. The predicted octanol–water partition coefficient (Wildman–Crippen LogP) is 2.80. The average Bonchev–Trinajstić information content (AvgIpc) is 2.87. The molecular weight excluding hydrogens is 242 g/mol. The number of H-pyrrole nitrogens is 1. The largest absolute Gasteiger partial charge is 0.464 e. The number of methoxy groups -OCH3 is 1. The Bertz CT molecular complexity index is 549. The van der Waals surface area contributed by atoms with Crippen molar-refractivity contribution in [2.45, 2.75) is 6.43 Å². The van der Waals surface area contributed by atoms with E-state index in [1.165, 1.54) is 37.6 Å². The van der Waals surface area contributed by atoms with Crippen LogP contribution in [0, 0.1) is 0 Å². The molecule has 6 heteroatoms. The molecule has 2 aromatic rings. The topological polar surface area (TPSA) is 55.0 Å². The zero-order valence-electron chi connectivity index (χ0n) is 9.48. The first-order chi connectivity index (χ1) is 8.61. The minimum absolute atomic E-state index is 0.0569. The molecule has 0 saturated heterocycles. The number of esters is 1. The molecule has 0 radical (unpaired) electrons. The molecule has 0 spiro atoms. The minimum Gasteiger partial charge on any atom is -0.464 e. The summed E-state index contributed by atoms with van der Waals surface area (Å²) in [7, 11) is 1.26. The summed E-state index contributed by atoms with van der Waals surface area (Å²) in [6.45, 7) is 0. The van der Waals surface area contributed by atoms with E-state index < -0.39 is 12.4 Å². The number of nitrogens with one attached hydrogen (secondary N) is 1. The fourth-order valence-electron chi connectivity index (χ4n) is 1.47. The van der Waals surface area contributed by atoms with Gasteiger partial charge in [0.05, 0.1) is 13.3 Å². The number of aromatic amines is 1. The number of carbonyl (C=O) groups is 1. The van der Waals surface area contributed by atoms with Crippen LogP contribution in [0.2, 0.25) is 0 Å². The van der Waals surface area contributed by atoms with E-state index >= 15 is 0 Å². The number of aromatic nitrogens is 2. The van der Waals surface area contributed by atoms with Gasteiger partial charge in [-0.2, -0.15) is 0 Å². The van der Waals surface area contributed by atoms with Gasteiger partial charge in [0.1, 0.15) is 11.5 Å². The van der Waals surface area contributed by atoms with Gasteiger partial charge in [-0.05, 0) is 0 Å². The summed E-state index contributed by atoms with van der Waals surface area (Å²) in [5.74, 6) is -0.103. The van der Waals surface area contributed by atoms with Crippen molar-refractivity contribution in [1.29, 1.82) is 0 Å². The number of hydrogen-bond donors (Lipinski definition) is 1. The van der Waals surface area contributed by atoms with Crippen LogP contribution in [0.5, 0.6) is 0 Å². The molecular formula is C12H10F2N2O2. The van der Waals surface area contributed by atoms with Gasteiger partial charge in [-0.3, -0.25) is 0 Å². The molecule has 0 aliphatic carbocycles. The van der Waals surface area contributed by atoms with Crippen LogP contribution in [0.25, 0.3) is 11.4 Å². The number of imidazole rings is 1. The maximum Gasteiger partial charge on any atom is 0.356 e. The van der Waals surface area contributed by atoms with Gasteiger partial charge in [-0.1, -0.05) is 24.3 Å². The number of rotatable bonds is 3. The summed E-state index contributed by atoms with van der Waals surface area (Å²) in [6, 6.07) is 5.67. The number of alkyl halides is 2. The van der Waals surface area contributed by atoms with Gasteiger partial charge in [0.2, 0.25) is 0 Å². The van der Waals surface area contributed by atoms with Gasteiger partial charge in [-0.25, -0.2) is 18.6 Å². The molecule has 1 aromatic heterocycles. The third kappa shape index (κ3) is 2.37. The first-order valence-corrected chi connectivity index (χ1v) is 5.13. The van der Waals surface area contributed by atoms with Crippen molar-refractivity contribution in [2.75, 3.05) is 7.11 Å². The molecule has 94 valence electrons. The molecule has 1 aromatic carbocycles. The molecule has 2 rings (SSSR count). The molecule has 0 bridgehead atoms. The number of hydrogen-bond acceptors (Lipinski definition) is 3. The fraction of sp³-hybridized carbons (Fsp3) is 0.167. The Balaban J connectivity index is 2.26. The minimum atomic E-state index is -2.50. The quantitative estimate of drug-likeness (QED) is 0.854. The van der Waals surface area contributed by atoms with Crippen molar-refractivity contribution in [2.24, 2.45) is 0 Å². The Kier molecular flexibility index (Phi) is 3.36. The Labute approximate surface area is 102 Å². The zero-order valence-corrected chi connectivity index (χ0v) is 9.48. The van der Waals surface area contributed by atoms with E-state index in [9.17, 15) is 13.6 Å². The number of benzene rings is 1. The van der Waals surface area contributed by atoms with E-state index in [-0.39, 0.29) is 11.3 Å². The van der Waals surface area contributed by atoms with Crippen LogP contribution in [-0.4, -0.2) is 23.0 Å². The monoisotopic (exact) mass is 252 g/mol. The normalized spacial score (nSPS) is 10.7. The second-order valence-electron chi connectivity index (χ2n) is 3.56. The smallest absolute Gasteiger partial charge is 0.356 e. The van der Waals surface area contributed by atoms with Gasteiger partial charge in [0.25, 0.3) is 6.43 Å². The lowest BCUT2D eigenvalue weighted by molar-refractivity contribution is 0.0594. The molecule has 0 atom stereocenters. The third-order valence-corrected chi connectivity index (χ3v) is 2.42. The highest BCUT2D eigenvalue weighted by molar-refractivity contribution is 5.87. The maximum absolute atomic E-state index is 12.4. The summed E-state index contributed by atoms with van der Waals surface area (Å²) in [4.78, 5) is 18.0. The Hall–Kier alpha value is -2.24. The van der Waals surface area contributed by atoms with Gasteiger partial charge in [0.15, 0.2) is 0 Å². The summed E-state index contributed by atoms with van der Waals surface area (Å²) in [5, 5.41) is 0. The van der Waals surface area contributed by atoms with Gasteiger partial charge < -0.3 is 9.72 Å². The van der Waals surface area contributed by atoms with Gasteiger partial charge in [0, 0.05) is 11.1 Å². The molecule has 1 heterocycles. The summed E-state index contributed by atoms with van der Waals surface area (Å²) in [6.07, 6.45) is -1.16. The van der Waals surface area contributed by atoms with Crippen LogP contribution in [0.1, 0.15) is 22.5 Å². The van der Waals surface area contributed by atoms with E-state index in [0.717, 1.165) is 0 Å². The highest BCUT2D eigenvalue weighted by Crippen LogP contribution is 2.22. The van der Waals surface area contributed by atoms with E-state index in [1.807, 2.05) is 0 Å². The standard InChI is InChI=1S/C12H10F2N2O2/c1-18-12(17)9-6-15-11(16-9)8-4-2-7(3-5-8)10(13)14/h2-6,10H,1H3,(H,15,16). The molecule has 0 aliphatic rings. The number of carbonyl (C=O) groups excluding carboxylic acids is 1. The van der Waals surface area contributed by atoms with Crippen LogP contribution in [0.4, 0.5) is 8.78 Å². The third-order valence-electron chi connectivity index (χ3n) is 2.42. The van der Waals surface area contributed by atoms with Crippen molar-refractivity contribution in [3.8, 4) is 11.4 Å². The van der Waals surface area contributed by atoms with Gasteiger partial charge >= 0.3 is 5.97 Å². The lowest BCUT2D eigenvalue weighted by Crippen LogP contribution is -2.00. The number of halogens is 2. The van der Waals surface area contributed by atoms with Crippen LogP contribution in [0.3, 0.4) is 0 Å². The maximum atomic E-state index is 12.4. The Morgan fingerprint density at radius 2 is 2.00 bits per heavy atom. The second kappa shape index (κ2) is 4.95. The van der Waals surface area contributed by atoms with Crippen molar-refractivity contribution >= 4 is 5.97 Å². The molecule has 18 heavy (non-hydrogen) atoms. The summed E-state index contributed by atoms with van der Waals surface area (Å²) >= 11 is 0. The van der Waals surface area contributed by atoms with Crippen molar-refractivity contribution < 1.29 is 18.3 Å². The highest BCUT2D eigenvalue weighted by Gasteiger charge is 2.11. The highest BCUT2D eigenvalue weighted by atomic mass is 19.3. The zero-order chi connectivity index (χ0) is 13.1.